The smallest absolute Gasteiger partial charge is 0.109 e. The molecule has 0 aliphatic heterocycles. The van der Waals surface area contributed by atoms with E-state index in [1.165, 1.54) is 0 Å². The molecular weight excluding hydrogens is 118 g/mol. The van der Waals surface area contributed by atoms with Gasteiger partial charge < -0.3 is 0 Å². The summed E-state index contributed by atoms with van der Waals surface area (Å²) in [7, 11) is 0. The quantitative estimate of drug-likeness (QED) is 0.381. The van der Waals surface area contributed by atoms with Crippen molar-refractivity contribution in [3.05, 3.63) is 0 Å². The van der Waals surface area contributed by atoms with Crippen molar-refractivity contribution in [1.82, 2.24) is 0 Å². The fourth-order valence-corrected chi connectivity index (χ4v) is 0. The number of alkyl halides is 1. The van der Waals surface area contributed by atoms with Crippen LogP contribution < -0.4 is 0 Å². The van der Waals surface area contributed by atoms with Crippen molar-refractivity contribution in [1.29, 1.82) is 5.26 Å². The van der Waals surface area contributed by atoms with Gasteiger partial charge in [0.25, 0.3) is 0 Å². The Morgan fingerprint density at radius 2 is 2.00 bits per heavy atom. The molecule has 0 unspecified atom stereocenters. The van der Waals surface area contributed by atoms with Gasteiger partial charge in [0, 0.05) is 0 Å². The van der Waals surface area contributed by atoms with Crippen LogP contribution in [0.5, 0.6) is 0 Å². The largest absolute Gasteiger partial charge is 0.197 e. The Bertz CT molecular complexity index is 40.5. The molecule has 0 spiro atoms. The molecule has 0 atom stereocenters. The average Bonchev–Trinajstić information content (AvgIpc) is 1.72. The molecule has 3 heteroatoms. The molecule has 0 aliphatic rings. The third-order valence-corrected chi connectivity index (χ3v) is 0.179. The van der Waals surface area contributed by atoms with Gasteiger partial charge in [-0.25, -0.2) is 0 Å². The highest BCUT2D eigenvalue weighted by molar-refractivity contribution is 7.79. The second-order valence-electron chi connectivity index (χ2n) is 0.292. The second-order valence-corrected chi connectivity index (χ2v) is 0.559. The first-order valence-electron chi connectivity index (χ1n) is 1.29. The summed E-state index contributed by atoms with van der Waals surface area (Å²) in [6.07, 6.45) is 1.69. The Kier molecular flexibility index (Phi) is 30.4. The maximum atomic E-state index is 7.49. The van der Waals surface area contributed by atoms with Gasteiger partial charge in [0.05, 0.1) is 6.07 Å². The van der Waals surface area contributed by atoms with Crippen LogP contribution in [0.1, 0.15) is 0 Å². The third kappa shape index (κ3) is 31.7. The molecule has 0 saturated heterocycles. The molecule has 6 heavy (non-hydrogen) atoms. The molecule has 0 fully saturated rings. The fourth-order valence-electron chi connectivity index (χ4n) is 0. The zero-order valence-corrected chi connectivity index (χ0v) is 5.13. The zero-order chi connectivity index (χ0) is 5.41. The number of hydrogen-bond donors (Lipinski definition) is 1. The third-order valence-electron chi connectivity index (χ3n) is 0.0598. The van der Waals surface area contributed by atoms with Crippen LogP contribution >= 0.6 is 24.2 Å². The molecule has 0 aromatic carbocycles. The van der Waals surface area contributed by atoms with Crippen LogP contribution in [0.3, 0.4) is 0 Å². The summed E-state index contributed by atoms with van der Waals surface area (Å²) in [5.74, 6) is 0.0972. The highest BCUT2D eigenvalue weighted by Gasteiger charge is 1.52. The summed E-state index contributed by atoms with van der Waals surface area (Å²) in [5, 5.41) is 7.49. The monoisotopic (exact) mass is 123 g/mol. The Morgan fingerprint density at radius 1 is 1.83 bits per heavy atom. The van der Waals surface area contributed by atoms with E-state index < -0.39 is 0 Å². The van der Waals surface area contributed by atoms with E-state index in [9.17, 15) is 0 Å². The van der Waals surface area contributed by atoms with Crippen molar-refractivity contribution < 1.29 is 0 Å². The lowest BCUT2D eigenvalue weighted by atomic mass is 10.9. The van der Waals surface area contributed by atoms with E-state index in [0.29, 0.717) is 0 Å². The first-order chi connectivity index (χ1) is 2.91. The van der Waals surface area contributed by atoms with Crippen LogP contribution in [0, 0.1) is 11.3 Å². The van der Waals surface area contributed by atoms with Gasteiger partial charge in [-0.2, -0.15) is 17.9 Å². The van der Waals surface area contributed by atoms with Crippen molar-refractivity contribution in [2.75, 3.05) is 12.1 Å². The molecular formula is C3H6ClNS. The Hall–Kier alpha value is 0.130. The number of rotatable bonds is 0. The first kappa shape index (κ1) is 9.46. The molecule has 0 saturated carbocycles. The average molecular weight is 124 g/mol. The van der Waals surface area contributed by atoms with Crippen LogP contribution in [-0.2, 0) is 0 Å². The number of hydrogen-bond acceptors (Lipinski definition) is 2. The molecule has 36 valence electrons. The number of nitriles is 1. The topological polar surface area (TPSA) is 23.8 Å². The zero-order valence-electron chi connectivity index (χ0n) is 3.48. The predicted octanol–water partition coefficient (Wildman–Crippen LogP) is 1.29. The molecule has 0 aromatic rings. The van der Waals surface area contributed by atoms with Crippen molar-refractivity contribution in [3.63, 3.8) is 0 Å². The normalized spacial score (nSPS) is 4.33. The number of nitrogens with zero attached hydrogens (tertiary/aromatic N) is 1. The molecule has 0 amide bonds. The van der Waals surface area contributed by atoms with Crippen molar-refractivity contribution in [2.45, 2.75) is 0 Å². The molecule has 0 rings (SSSR count). The molecule has 0 N–H and O–H groups in total. The summed E-state index contributed by atoms with van der Waals surface area (Å²) < 4.78 is 0. The van der Waals surface area contributed by atoms with Crippen molar-refractivity contribution in [3.8, 4) is 6.07 Å². The van der Waals surface area contributed by atoms with E-state index in [1.54, 1.807) is 12.3 Å². The number of thiol groups is 1. The van der Waals surface area contributed by atoms with Crippen molar-refractivity contribution in [2.24, 2.45) is 0 Å². The molecule has 0 aliphatic carbocycles. The summed E-state index contributed by atoms with van der Waals surface area (Å²) in [5.41, 5.74) is 0. The van der Waals surface area contributed by atoms with E-state index in [-0.39, 0.29) is 5.88 Å². The Labute approximate surface area is 48.3 Å². The predicted molar refractivity (Wildman–Crippen MR) is 31.2 cm³/mol. The van der Waals surface area contributed by atoms with Gasteiger partial charge in [-0.3, -0.25) is 0 Å². The van der Waals surface area contributed by atoms with Crippen LogP contribution in [0.25, 0.3) is 0 Å². The second kappa shape index (κ2) is 19.3. The molecule has 0 aromatic heterocycles. The van der Waals surface area contributed by atoms with Crippen LogP contribution in [-0.4, -0.2) is 12.1 Å². The highest BCUT2D eigenvalue weighted by Crippen LogP contribution is 1.61. The fraction of sp³-hybridized carbons (Fsp3) is 0.667. The minimum absolute atomic E-state index is 0.0972. The lowest BCUT2D eigenvalue weighted by Crippen LogP contribution is -1.47. The van der Waals surface area contributed by atoms with E-state index in [0.717, 1.165) is 0 Å². The lowest BCUT2D eigenvalue weighted by Gasteiger charge is -1.44. The van der Waals surface area contributed by atoms with Crippen LogP contribution in [0.2, 0.25) is 0 Å². The van der Waals surface area contributed by atoms with Gasteiger partial charge >= 0.3 is 0 Å². The maximum absolute atomic E-state index is 7.49. The van der Waals surface area contributed by atoms with Gasteiger partial charge in [0.15, 0.2) is 0 Å². The van der Waals surface area contributed by atoms with E-state index >= 15 is 0 Å². The standard InChI is InChI=1S/C2H2ClN.CH4S/c3-1-2-4;1-2/h1H2;2H,1H3. The summed E-state index contributed by atoms with van der Waals surface area (Å²) in [4.78, 5) is 0. The highest BCUT2D eigenvalue weighted by atomic mass is 35.5. The van der Waals surface area contributed by atoms with Gasteiger partial charge in [-0.05, 0) is 6.26 Å². The Morgan fingerprint density at radius 3 is 2.00 bits per heavy atom. The van der Waals surface area contributed by atoms with E-state index in [1.807, 2.05) is 0 Å². The molecule has 0 radical (unpaired) electrons. The Balaban J connectivity index is 0. The summed E-state index contributed by atoms with van der Waals surface area (Å²) >= 11 is 8.35. The van der Waals surface area contributed by atoms with Gasteiger partial charge in [0.2, 0.25) is 0 Å². The minimum atomic E-state index is 0.0972. The summed E-state index contributed by atoms with van der Waals surface area (Å²) in [6, 6.07) is 1.70. The molecule has 1 nitrogen and oxygen atoms in total. The van der Waals surface area contributed by atoms with Gasteiger partial charge in [0.1, 0.15) is 5.88 Å². The number of halogens is 1. The summed E-state index contributed by atoms with van der Waals surface area (Å²) in [6.45, 7) is 0. The van der Waals surface area contributed by atoms with Gasteiger partial charge in [-0.1, -0.05) is 0 Å². The van der Waals surface area contributed by atoms with E-state index in [2.05, 4.69) is 12.6 Å². The van der Waals surface area contributed by atoms with Crippen LogP contribution in [0.15, 0.2) is 0 Å². The van der Waals surface area contributed by atoms with Gasteiger partial charge in [-0.15, -0.1) is 11.6 Å². The minimum Gasteiger partial charge on any atom is -0.197 e. The lowest BCUT2D eigenvalue weighted by molar-refractivity contribution is 1.49. The molecule has 0 heterocycles. The first-order valence-corrected chi connectivity index (χ1v) is 2.72. The molecule has 0 bridgehead atoms. The van der Waals surface area contributed by atoms with E-state index in [4.69, 9.17) is 16.9 Å². The van der Waals surface area contributed by atoms with Crippen molar-refractivity contribution >= 4 is 24.2 Å². The maximum Gasteiger partial charge on any atom is 0.109 e. The van der Waals surface area contributed by atoms with Crippen LogP contribution in [0.4, 0.5) is 0 Å². The SMILES string of the molecule is CS.N#CCCl.